The van der Waals surface area contributed by atoms with E-state index in [2.05, 4.69) is 17.6 Å². The van der Waals surface area contributed by atoms with Crippen LogP contribution in [0.5, 0.6) is 0 Å². The molecule has 0 unspecified atom stereocenters. The molecule has 0 aromatic heterocycles. The van der Waals surface area contributed by atoms with E-state index in [0.29, 0.717) is 5.11 Å². The van der Waals surface area contributed by atoms with E-state index in [0.717, 1.165) is 24.2 Å². The maximum atomic E-state index is 12.8. The van der Waals surface area contributed by atoms with E-state index in [1.165, 1.54) is 12.1 Å². The zero-order valence-electron chi connectivity index (χ0n) is 8.93. The predicted molar refractivity (Wildman–Crippen MR) is 65.7 cm³/mol. The van der Waals surface area contributed by atoms with Crippen LogP contribution in [0.2, 0.25) is 0 Å². The van der Waals surface area contributed by atoms with Gasteiger partial charge in [0.1, 0.15) is 5.82 Å². The number of nitrogens with one attached hydrogen (secondary N) is 2. The lowest BCUT2D eigenvalue weighted by atomic mass is 10.2. The van der Waals surface area contributed by atoms with Crippen LogP contribution in [0.1, 0.15) is 18.9 Å². The molecule has 1 aromatic rings. The summed E-state index contributed by atoms with van der Waals surface area (Å²) in [5.41, 5.74) is 1.68. The van der Waals surface area contributed by atoms with Gasteiger partial charge in [-0.1, -0.05) is 6.92 Å². The standard InChI is InChI=1S/C11H15FN2S/c1-3-6-13-11(15)14-10-5-4-9(12)7-8(10)2/h4-5,7H,3,6H2,1-2H3,(H2,13,14,15). The molecule has 0 aliphatic heterocycles. The van der Waals surface area contributed by atoms with Crippen LogP contribution >= 0.6 is 12.2 Å². The zero-order valence-corrected chi connectivity index (χ0v) is 9.75. The first kappa shape index (κ1) is 11.9. The summed E-state index contributed by atoms with van der Waals surface area (Å²) < 4.78 is 12.8. The van der Waals surface area contributed by atoms with Gasteiger partial charge in [0.25, 0.3) is 0 Å². The quantitative estimate of drug-likeness (QED) is 0.775. The SMILES string of the molecule is CCCNC(=S)Nc1ccc(F)cc1C. The monoisotopic (exact) mass is 226 g/mol. The zero-order chi connectivity index (χ0) is 11.3. The summed E-state index contributed by atoms with van der Waals surface area (Å²) in [5, 5.41) is 6.65. The number of anilines is 1. The Balaban J connectivity index is 2.60. The maximum Gasteiger partial charge on any atom is 0.170 e. The summed E-state index contributed by atoms with van der Waals surface area (Å²) in [5.74, 6) is -0.231. The Morgan fingerprint density at radius 1 is 1.47 bits per heavy atom. The van der Waals surface area contributed by atoms with Gasteiger partial charge in [-0.25, -0.2) is 4.39 Å². The molecule has 0 aliphatic rings. The van der Waals surface area contributed by atoms with Crippen LogP contribution in [-0.4, -0.2) is 11.7 Å². The van der Waals surface area contributed by atoms with Crippen molar-refractivity contribution in [3.05, 3.63) is 29.6 Å². The van der Waals surface area contributed by atoms with E-state index in [1.807, 2.05) is 6.92 Å². The van der Waals surface area contributed by atoms with E-state index in [1.54, 1.807) is 6.07 Å². The molecule has 0 bridgehead atoms. The van der Waals surface area contributed by atoms with Crippen molar-refractivity contribution in [3.8, 4) is 0 Å². The van der Waals surface area contributed by atoms with Crippen LogP contribution in [0.15, 0.2) is 18.2 Å². The summed E-state index contributed by atoms with van der Waals surface area (Å²) >= 11 is 5.08. The molecule has 0 fully saturated rings. The fourth-order valence-corrected chi connectivity index (χ4v) is 1.38. The Bertz CT molecular complexity index is 352. The fourth-order valence-electron chi connectivity index (χ4n) is 1.17. The molecule has 0 saturated carbocycles. The Kier molecular flexibility index (Phi) is 4.49. The minimum absolute atomic E-state index is 0.231. The number of benzene rings is 1. The van der Waals surface area contributed by atoms with Crippen molar-refractivity contribution in [1.82, 2.24) is 5.32 Å². The summed E-state index contributed by atoms with van der Waals surface area (Å²) in [6.45, 7) is 4.75. The summed E-state index contributed by atoms with van der Waals surface area (Å²) in [6.07, 6.45) is 1.02. The second-order valence-electron chi connectivity index (χ2n) is 3.34. The molecule has 4 heteroatoms. The highest BCUT2D eigenvalue weighted by atomic mass is 32.1. The smallest absolute Gasteiger partial charge is 0.170 e. The number of hydrogen-bond donors (Lipinski definition) is 2. The number of thiocarbonyl (C=S) groups is 1. The van der Waals surface area contributed by atoms with Crippen LogP contribution in [0.4, 0.5) is 10.1 Å². The summed E-state index contributed by atoms with van der Waals surface area (Å²) in [4.78, 5) is 0. The van der Waals surface area contributed by atoms with E-state index >= 15 is 0 Å². The Morgan fingerprint density at radius 3 is 2.80 bits per heavy atom. The van der Waals surface area contributed by atoms with Gasteiger partial charge < -0.3 is 10.6 Å². The van der Waals surface area contributed by atoms with Gasteiger partial charge in [0.2, 0.25) is 0 Å². The number of aryl methyl sites for hydroxylation is 1. The van der Waals surface area contributed by atoms with Gasteiger partial charge in [0.15, 0.2) is 5.11 Å². The van der Waals surface area contributed by atoms with E-state index in [-0.39, 0.29) is 5.82 Å². The van der Waals surface area contributed by atoms with Gasteiger partial charge in [-0.3, -0.25) is 0 Å². The molecular weight excluding hydrogens is 211 g/mol. The topological polar surface area (TPSA) is 24.1 Å². The molecule has 1 aromatic carbocycles. The molecule has 2 nitrogen and oxygen atoms in total. The first-order chi connectivity index (χ1) is 7.13. The van der Waals surface area contributed by atoms with E-state index in [4.69, 9.17) is 12.2 Å². The lowest BCUT2D eigenvalue weighted by molar-refractivity contribution is 0.627. The van der Waals surface area contributed by atoms with Gasteiger partial charge in [-0.05, 0) is 49.3 Å². The average Bonchev–Trinajstić information content (AvgIpc) is 2.19. The van der Waals surface area contributed by atoms with Crippen LogP contribution in [0.3, 0.4) is 0 Å². The predicted octanol–water partition coefficient (Wildman–Crippen LogP) is 2.83. The highest BCUT2D eigenvalue weighted by molar-refractivity contribution is 7.80. The van der Waals surface area contributed by atoms with Crippen LogP contribution in [0, 0.1) is 12.7 Å². The lowest BCUT2D eigenvalue weighted by Crippen LogP contribution is -2.29. The first-order valence-corrected chi connectivity index (χ1v) is 5.35. The van der Waals surface area contributed by atoms with Crippen molar-refractivity contribution in [2.45, 2.75) is 20.3 Å². The molecule has 0 heterocycles. The third-order valence-corrected chi connectivity index (χ3v) is 2.22. The fraction of sp³-hybridized carbons (Fsp3) is 0.364. The van der Waals surface area contributed by atoms with Crippen molar-refractivity contribution in [3.63, 3.8) is 0 Å². The number of hydrogen-bond acceptors (Lipinski definition) is 1. The van der Waals surface area contributed by atoms with Crippen molar-refractivity contribution in [1.29, 1.82) is 0 Å². The first-order valence-electron chi connectivity index (χ1n) is 4.94. The molecule has 15 heavy (non-hydrogen) atoms. The Labute approximate surface area is 94.9 Å². The van der Waals surface area contributed by atoms with Crippen molar-refractivity contribution in [2.75, 3.05) is 11.9 Å². The highest BCUT2D eigenvalue weighted by Gasteiger charge is 2.01. The molecule has 0 saturated heterocycles. The lowest BCUT2D eigenvalue weighted by Gasteiger charge is -2.11. The van der Waals surface area contributed by atoms with Gasteiger partial charge in [-0.15, -0.1) is 0 Å². The highest BCUT2D eigenvalue weighted by Crippen LogP contribution is 2.15. The van der Waals surface area contributed by atoms with Gasteiger partial charge in [-0.2, -0.15) is 0 Å². The van der Waals surface area contributed by atoms with E-state index < -0.39 is 0 Å². The van der Waals surface area contributed by atoms with E-state index in [9.17, 15) is 4.39 Å². The Hall–Kier alpha value is -1.16. The van der Waals surface area contributed by atoms with Crippen LogP contribution in [-0.2, 0) is 0 Å². The van der Waals surface area contributed by atoms with Crippen molar-refractivity contribution in [2.24, 2.45) is 0 Å². The normalized spacial score (nSPS) is 9.80. The van der Waals surface area contributed by atoms with Crippen LogP contribution < -0.4 is 10.6 Å². The molecule has 0 radical (unpaired) electrons. The second-order valence-corrected chi connectivity index (χ2v) is 3.75. The average molecular weight is 226 g/mol. The number of halogens is 1. The summed E-state index contributed by atoms with van der Waals surface area (Å²) in [6, 6.07) is 4.58. The van der Waals surface area contributed by atoms with Gasteiger partial charge in [0, 0.05) is 12.2 Å². The van der Waals surface area contributed by atoms with Gasteiger partial charge in [0.05, 0.1) is 0 Å². The second kappa shape index (κ2) is 5.66. The van der Waals surface area contributed by atoms with Crippen molar-refractivity contribution >= 4 is 23.0 Å². The van der Waals surface area contributed by atoms with Crippen molar-refractivity contribution < 1.29 is 4.39 Å². The maximum absolute atomic E-state index is 12.8. The molecule has 0 spiro atoms. The molecule has 0 aliphatic carbocycles. The molecule has 82 valence electrons. The third kappa shape index (κ3) is 3.83. The minimum atomic E-state index is -0.231. The molecule has 0 atom stereocenters. The van der Waals surface area contributed by atoms with Gasteiger partial charge >= 0.3 is 0 Å². The minimum Gasteiger partial charge on any atom is -0.362 e. The molecular formula is C11H15FN2S. The summed E-state index contributed by atoms with van der Waals surface area (Å²) in [7, 11) is 0. The Morgan fingerprint density at radius 2 is 2.20 bits per heavy atom. The number of rotatable bonds is 3. The van der Waals surface area contributed by atoms with Crippen LogP contribution in [0.25, 0.3) is 0 Å². The largest absolute Gasteiger partial charge is 0.362 e. The molecule has 2 N–H and O–H groups in total. The third-order valence-electron chi connectivity index (χ3n) is 1.97. The molecule has 0 amide bonds. The molecule has 1 rings (SSSR count).